The molecule has 0 saturated carbocycles. The molecular weight excluding hydrogens is 368 g/mol. The molecule has 0 bridgehead atoms. The average molecular weight is 391 g/mol. The van der Waals surface area contributed by atoms with Gasteiger partial charge in [0.15, 0.2) is 0 Å². The molecule has 6 nitrogen and oxygen atoms in total. The lowest BCUT2D eigenvalue weighted by Gasteiger charge is -2.23. The summed E-state index contributed by atoms with van der Waals surface area (Å²) in [4.78, 5) is 26.0. The van der Waals surface area contributed by atoms with Gasteiger partial charge in [0.2, 0.25) is 11.8 Å². The van der Waals surface area contributed by atoms with Crippen LogP contribution in [0.5, 0.6) is 11.5 Å². The van der Waals surface area contributed by atoms with Crippen molar-refractivity contribution in [2.45, 2.75) is 20.3 Å². The molecule has 0 unspecified atom stereocenters. The number of benzene rings is 2. The maximum atomic E-state index is 12.5. The lowest BCUT2D eigenvalue weighted by Crippen LogP contribution is -2.37. The quantitative estimate of drug-likeness (QED) is 0.778. The number of carbonyl (C=O) groups is 2. The zero-order valence-corrected chi connectivity index (χ0v) is 16.6. The van der Waals surface area contributed by atoms with Crippen LogP contribution in [0.2, 0.25) is 5.02 Å². The number of hydrogen-bond donors (Lipinski definition) is 1. The Kier molecular flexibility index (Phi) is 7.07. The molecule has 144 valence electrons. The van der Waals surface area contributed by atoms with Gasteiger partial charge in [-0.25, -0.2) is 0 Å². The monoisotopic (exact) mass is 390 g/mol. The van der Waals surface area contributed by atoms with E-state index in [0.717, 1.165) is 6.42 Å². The highest BCUT2D eigenvalue weighted by Gasteiger charge is 2.22. The fraction of sp³-hybridized carbons (Fsp3) is 0.300. The summed E-state index contributed by atoms with van der Waals surface area (Å²) in [5, 5.41) is 3.14. The van der Waals surface area contributed by atoms with Crippen molar-refractivity contribution in [3.05, 3.63) is 47.0 Å². The maximum absolute atomic E-state index is 12.5. The van der Waals surface area contributed by atoms with Crippen molar-refractivity contribution in [2.24, 2.45) is 0 Å². The fourth-order valence-corrected chi connectivity index (χ4v) is 2.82. The molecule has 0 aliphatic carbocycles. The summed E-state index contributed by atoms with van der Waals surface area (Å²) in [6.07, 6.45) is 0.921. The second kappa shape index (κ2) is 9.28. The Labute approximate surface area is 164 Å². The number of aryl methyl sites for hydroxylation is 1. The number of rotatable bonds is 7. The molecular formula is C20H23ClN2O4. The molecule has 0 heterocycles. The van der Waals surface area contributed by atoms with Gasteiger partial charge in [-0.3, -0.25) is 14.5 Å². The SMILES string of the molecule is CCc1ccc(NC(=O)CN(C(C)=O)c2cc(OC)c(Cl)cc2OC)cc1. The Balaban J connectivity index is 2.24. The van der Waals surface area contributed by atoms with Crippen LogP contribution in [0, 0.1) is 0 Å². The Morgan fingerprint density at radius 1 is 1.07 bits per heavy atom. The molecule has 0 fully saturated rings. The maximum Gasteiger partial charge on any atom is 0.244 e. The number of anilines is 2. The molecule has 7 heteroatoms. The van der Waals surface area contributed by atoms with Gasteiger partial charge in [-0.1, -0.05) is 30.7 Å². The minimum atomic E-state index is -0.328. The van der Waals surface area contributed by atoms with Gasteiger partial charge in [0.25, 0.3) is 0 Å². The summed E-state index contributed by atoms with van der Waals surface area (Å²) in [5.41, 5.74) is 2.25. The van der Waals surface area contributed by atoms with E-state index in [4.69, 9.17) is 21.1 Å². The lowest BCUT2D eigenvalue weighted by molar-refractivity contribution is -0.120. The Bertz CT molecular complexity index is 821. The van der Waals surface area contributed by atoms with Crippen LogP contribution in [-0.4, -0.2) is 32.6 Å². The standard InChI is InChI=1S/C20H23ClN2O4/c1-5-14-6-8-15(9-7-14)22-20(25)12-23(13(2)24)17-11-18(26-3)16(21)10-19(17)27-4/h6-11H,5,12H2,1-4H3,(H,22,25). The van der Waals surface area contributed by atoms with Crippen molar-refractivity contribution < 1.29 is 19.1 Å². The highest BCUT2D eigenvalue weighted by atomic mass is 35.5. The van der Waals surface area contributed by atoms with Crippen molar-refractivity contribution in [3.8, 4) is 11.5 Å². The van der Waals surface area contributed by atoms with Gasteiger partial charge in [-0.15, -0.1) is 0 Å². The Hall–Kier alpha value is -2.73. The number of nitrogens with one attached hydrogen (secondary N) is 1. The van der Waals surface area contributed by atoms with Crippen LogP contribution in [0.15, 0.2) is 36.4 Å². The predicted molar refractivity (Wildman–Crippen MR) is 107 cm³/mol. The molecule has 1 N–H and O–H groups in total. The number of amides is 2. The first-order chi connectivity index (χ1) is 12.9. The van der Waals surface area contributed by atoms with Gasteiger partial charge in [0.1, 0.15) is 18.0 Å². The summed E-state index contributed by atoms with van der Waals surface area (Å²) in [7, 11) is 2.94. The first-order valence-electron chi connectivity index (χ1n) is 8.48. The smallest absolute Gasteiger partial charge is 0.244 e. The summed E-state index contributed by atoms with van der Waals surface area (Å²) in [6.45, 7) is 3.27. The highest BCUT2D eigenvalue weighted by Crippen LogP contribution is 2.38. The first-order valence-corrected chi connectivity index (χ1v) is 8.85. The molecule has 0 aliphatic rings. The van der Waals surface area contributed by atoms with Crippen LogP contribution >= 0.6 is 11.6 Å². The Morgan fingerprint density at radius 2 is 1.70 bits per heavy atom. The molecule has 0 aromatic heterocycles. The molecule has 2 rings (SSSR count). The normalized spacial score (nSPS) is 10.3. The van der Waals surface area contributed by atoms with E-state index in [-0.39, 0.29) is 18.4 Å². The molecule has 2 amide bonds. The number of halogens is 1. The summed E-state index contributed by atoms with van der Waals surface area (Å²) in [6, 6.07) is 10.7. The zero-order chi connectivity index (χ0) is 20.0. The van der Waals surface area contributed by atoms with Crippen LogP contribution in [-0.2, 0) is 16.0 Å². The molecule has 2 aromatic carbocycles. The van der Waals surface area contributed by atoms with Crippen molar-refractivity contribution in [1.29, 1.82) is 0 Å². The average Bonchev–Trinajstić information content (AvgIpc) is 2.66. The fourth-order valence-electron chi connectivity index (χ4n) is 2.59. The minimum absolute atomic E-state index is 0.175. The van der Waals surface area contributed by atoms with E-state index in [2.05, 4.69) is 12.2 Å². The lowest BCUT2D eigenvalue weighted by atomic mass is 10.1. The predicted octanol–water partition coefficient (Wildman–Crippen LogP) is 3.91. The highest BCUT2D eigenvalue weighted by molar-refractivity contribution is 6.32. The second-order valence-electron chi connectivity index (χ2n) is 5.86. The zero-order valence-electron chi connectivity index (χ0n) is 15.8. The summed E-state index contributed by atoms with van der Waals surface area (Å²) < 4.78 is 10.5. The van der Waals surface area contributed by atoms with Crippen molar-refractivity contribution in [2.75, 3.05) is 31.0 Å². The molecule has 2 aromatic rings. The first kappa shape index (κ1) is 20.6. The summed E-state index contributed by atoms with van der Waals surface area (Å²) in [5.74, 6) is 0.116. The largest absolute Gasteiger partial charge is 0.495 e. The van der Waals surface area contributed by atoms with Crippen LogP contribution < -0.4 is 19.7 Å². The van der Waals surface area contributed by atoms with Crippen molar-refractivity contribution in [1.82, 2.24) is 0 Å². The van der Waals surface area contributed by atoms with E-state index in [9.17, 15) is 9.59 Å². The molecule has 0 atom stereocenters. The third kappa shape index (κ3) is 5.14. The van der Waals surface area contributed by atoms with Crippen LogP contribution in [0.3, 0.4) is 0 Å². The number of nitrogens with zero attached hydrogens (tertiary/aromatic N) is 1. The van der Waals surface area contributed by atoms with Crippen LogP contribution in [0.25, 0.3) is 0 Å². The number of hydrogen-bond acceptors (Lipinski definition) is 4. The van der Waals surface area contributed by atoms with Gasteiger partial charge < -0.3 is 14.8 Å². The van der Waals surface area contributed by atoms with Gasteiger partial charge in [-0.2, -0.15) is 0 Å². The number of carbonyl (C=O) groups excluding carboxylic acids is 2. The van der Waals surface area contributed by atoms with Crippen molar-refractivity contribution in [3.63, 3.8) is 0 Å². The molecule has 0 spiro atoms. The molecule has 0 aliphatic heterocycles. The van der Waals surface area contributed by atoms with Crippen LogP contribution in [0.1, 0.15) is 19.4 Å². The van der Waals surface area contributed by atoms with Gasteiger partial charge in [-0.05, 0) is 24.1 Å². The van der Waals surface area contributed by atoms with E-state index in [1.54, 1.807) is 12.1 Å². The van der Waals surface area contributed by atoms with E-state index in [1.807, 2.05) is 24.3 Å². The third-order valence-electron chi connectivity index (χ3n) is 4.07. The van der Waals surface area contributed by atoms with E-state index in [1.165, 1.54) is 31.6 Å². The van der Waals surface area contributed by atoms with Crippen molar-refractivity contribution >= 4 is 34.8 Å². The Morgan fingerprint density at radius 3 is 2.22 bits per heavy atom. The summed E-state index contributed by atoms with van der Waals surface area (Å²) >= 11 is 6.11. The molecule has 27 heavy (non-hydrogen) atoms. The minimum Gasteiger partial charge on any atom is -0.495 e. The van der Waals surface area contributed by atoms with E-state index < -0.39 is 0 Å². The molecule has 0 saturated heterocycles. The third-order valence-corrected chi connectivity index (χ3v) is 4.37. The van der Waals surface area contributed by atoms with Gasteiger partial charge >= 0.3 is 0 Å². The number of methoxy groups -OCH3 is 2. The van der Waals surface area contributed by atoms with E-state index in [0.29, 0.717) is 27.9 Å². The van der Waals surface area contributed by atoms with Gasteiger partial charge in [0, 0.05) is 24.7 Å². The second-order valence-corrected chi connectivity index (χ2v) is 6.27. The van der Waals surface area contributed by atoms with Crippen LogP contribution in [0.4, 0.5) is 11.4 Å². The van der Waals surface area contributed by atoms with E-state index >= 15 is 0 Å². The topological polar surface area (TPSA) is 67.9 Å². The van der Waals surface area contributed by atoms with Gasteiger partial charge in [0.05, 0.1) is 24.9 Å². The molecule has 0 radical (unpaired) electrons. The number of ether oxygens (including phenoxy) is 2.